The van der Waals surface area contributed by atoms with Crippen LogP contribution < -0.4 is 16.0 Å². The van der Waals surface area contributed by atoms with E-state index in [1.165, 1.54) is 12.1 Å². The molecule has 2 aromatic carbocycles. The molecule has 0 aliphatic rings. The first-order valence-corrected chi connectivity index (χ1v) is 10.3. The van der Waals surface area contributed by atoms with Crippen LogP contribution in [0.25, 0.3) is 0 Å². The average Bonchev–Trinajstić information content (AvgIpc) is 2.72. The topological polar surface area (TPSA) is 87.3 Å². The minimum Gasteiger partial charge on any atom is -0.354 e. The quantitative estimate of drug-likeness (QED) is 0.566. The van der Waals surface area contributed by atoms with Crippen molar-refractivity contribution < 1.29 is 18.8 Å². The van der Waals surface area contributed by atoms with Gasteiger partial charge in [-0.1, -0.05) is 45.0 Å². The lowest BCUT2D eigenvalue weighted by atomic mass is 9.86. The molecule has 166 valence electrons. The molecule has 3 N–H and O–H groups in total. The van der Waals surface area contributed by atoms with Crippen molar-refractivity contribution >= 4 is 17.7 Å². The zero-order chi connectivity index (χ0) is 23.0. The van der Waals surface area contributed by atoms with E-state index in [2.05, 4.69) is 36.7 Å². The Morgan fingerprint density at radius 1 is 0.903 bits per heavy atom. The van der Waals surface area contributed by atoms with Crippen LogP contribution in [0.4, 0.5) is 4.39 Å². The van der Waals surface area contributed by atoms with Crippen LogP contribution in [0.5, 0.6) is 0 Å². The van der Waals surface area contributed by atoms with E-state index in [0.29, 0.717) is 11.1 Å². The molecule has 3 amide bonds. The van der Waals surface area contributed by atoms with Crippen LogP contribution in [0, 0.1) is 5.82 Å². The third kappa shape index (κ3) is 7.85. The minimum atomic E-state index is -0.718. The average molecular weight is 428 g/mol. The molecule has 0 fully saturated rings. The van der Waals surface area contributed by atoms with E-state index in [4.69, 9.17) is 0 Å². The van der Waals surface area contributed by atoms with Crippen LogP contribution in [0.2, 0.25) is 0 Å². The summed E-state index contributed by atoms with van der Waals surface area (Å²) in [6, 6.07) is 12.3. The molecule has 6 nitrogen and oxygen atoms in total. The van der Waals surface area contributed by atoms with Crippen LogP contribution in [-0.2, 0) is 21.4 Å². The molecule has 0 radical (unpaired) electrons. The van der Waals surface area contributed by atoms with Gasteiger partial charge in [0.15, 0.2) is 0 Å². The largest absolute Gasteiger partial charge is 0.354 e. The highest BCUT2D eigenvalue weighted by molar-refractivity contribution is 5.97. The lowest BCUT2D eigenvalue weighted by Crippen LogP contribution is -2.46. The van der Waals surface area contributed by atoms with Gasteiger partial charge in [0.1, 0.15) is 11.9 Å². The fourth-order valence-electron chi connectivity index (χ4n) is 2.86. The van der Waals surface area contributed by atoms with E-state index in [0.717, 1.165) is 5.56 Å². The van der Waals surface area contributed by atoms with Gasteiger partial charge >= 0.3 is 0 Å². The van der Waals surface area contributed by atoms with Crippen LogP contribution in [-0.4, -0.2) is 36.9 Å². The molecule has 0 aliphatic carbocycles. The van der Waals surface area contributed by atoms with Gasteiger partial charge in [0.25, 0.3) is 5.91 Å². The zero-order valence-corrected chi connectivity index (χ0v) is 18.4. The molecule has 31 heavy (non-hydrogen) atoms. The summed E-state index contributed by atoms with van der Waals surface area (Å²) in [6.07, 6.45) is 0.134. The molecule has 0 saturated carbocycles. The second-order valence-electron chi connectivity index (χ2n) is 8.47. The van der Waals surface area contributed by atoms with Crippen molar-refractivity contribution in [2.45, 2.75) is 45.6 Å². The van der Waals surface area contributed by atoms with Crippen molar-refractivity contribution in [3.63, 3.8) is 0 Å². The van der Waals surface area contributed by atoms with Gasteiger partial charge in [-0.2, -0.15) is 0 Å². The highest BCUT2D eigenvalue weighted by Crippen LogP contribution is 2.22. The van der Waals surface area contributed by atoms with Gasteiger partial charge < -0.3 is 16.0 Å². The fourth-order valence-corrected chi connectivity index (χ4v) is 2.86. The Bertz CT molecular complexity index is 903. The highest BCUT2D eigenvalue weighted by Gasteiger charge is 2.18. The van der Waals surface area contributed by atoms with E-state index < -0.39 is 6.04 Å². The zero-order valence-electron chi connectivity index (χ0n) is 18.4. The van der Waals surface area contributed by atoms with Crippen molar-refractivity contribution in [2.75, 3.05) is 13.1 Å². The third-order valence-corrected chi connectivity index (χ3v) is 4.78. The summed E-state index contributed by atoms with van der Waals surface area (Å²) >= 11 is 0. The van der Waals surface area contributed by atoms with E-state index in [1.807, 2.05) is 12.1 Å². The van der Waals surface area contributed by atoms with Gasteiger partial charge in [-0.25, -0.2) is 4.39 Å². The first-order valence-electron chi connectivity index (χ1n) is 10.3. The smallest absolute Gasteiger partial charge is 0.251 e. The van der Waals surface area contributed by atoms with Gasteiger partial charge in [0.05, 0.1) is 6.42 Å². The van der Waals surface area contributed by atoms with Crippen molar-refractivity contribution in [2.24, 2.45) is 0 Å². The number of halogens is 1. The summed E-state index contributed by atoms with van der Waals surface area (Å²) in [5.74, 6) is -1.24. The molecule has 0 aliphatic heterocycles. The SMILES string of the molecule is CC(NC(=O)c1ccc(C(C)(C)C)cc1)C(=O)NCCNC(=O)Cc1ccc(F)cc1. The first kappa shape index (κ1) is 24.1. The first-order chi connectivity index (χ1) is 14.6. The molecule has 0 aromatic heterocycles. The summed E-state index contributed by atoms with van der Waals surface area (Å²) in [5, 5.41) is 8.04. The molecule has 1 atom stereocenters. The van der Waals surface area contributed by atoms with Crippen molar-refractivity contribution in [1.29, 1.82) is 0 Å². The number of carbonyl (C=O) groups excluding carboxylic acids is 3. The number of nitrogens with one attached hydrogen (secondary N) is 3. The van der Waals surface area contributed by atoms with Gasteiger partial charge in [-0.3, -0.25) is 14.4 Å². The Kier molecular flexibility index (Phi) is 8.30. The van der Waals surface area contributed by atoms with Crippen LogP contribution in [0.3, 0.4) is 0 Å². The second kappa shape index (κ2) is 10.7. The summed E-state index contributed by atoms with van der Waals surface area (Å²) in [5.41, 5.74) is 2.31. The molecule has 0 spiro atoms. The lowest BCUT2D eigenvalue weighted by molar-refractivity contribution is -0.123. The molecule has 7 heteroatoms. The molecular weight excluding hydrogens is 397 g/mol. The van der Waals surface area contributed by atoms with E-state index >= 15 is 0 Å². The Hall–Kier alpha value is -3.22. The Labute approximate surface area is 182 Å². The maximum atomic E-state index is 12.9. The predicted molar refractivity (Wildman–Crippen MR) is 118 cm³/mol. The van der Waals surface area contributed by atoms with Crippen LogP contribution >= 0.6 is 0 Å². The number of amides is 3. The van der Waals surface area contributed by atoms with Gasteiger partial charge in [-0.05, 0) is 47.7 Å². The normalized spacial score (nSPS) is 12.0. The highest BCUT2D eigenvalue weighted by atomic mass is 19.1. The Balaban J connectivity index is 1.71. The predicted octanol–water partition coefficient (Wildman–Crippen LogP) is 2.72. The van der Waals surface area contributed by atoms with Gasteiger partial charge in [0, 0.05) is 18.7 Å². The molecule has 0 bridgehead atoms. The molecule has 2 rings (SSSR count). The summed E-state index contributed by atoms with van der Waals surface area (Å²) in [6.45, 7) is 8.37. The molecule has 1 unspecified atom stereocenters. The van der Waals surface area contributed by atoms with Crippen LogP contribution in [0.15, 0.2) is 48.5 Å². The summed E-state index contributed by atoms with van der Waals surface area (Å²) < 4.78 is 12.9. The van der Waals surface area contributed by atoms with Crippen LogP contribution in [0.1, 0.15) is 49.2 Å². The summed E-state index contributed by atoms with van der Waals surface area (Å²) in [4.78, 5) is 36.4. The van der Waals surface area contributed by atoms with E-state index in [9.17, 15) is 18.8 Å². The minimum absolute atomic E-state index is 0.00335. The maximum Gasteiger partial charge on any atom is 0.251 e. The Morgan fingerprint density at radius 3 is 2.06 bits per heavy atom. The monoisotopic (exact) mass is 427 g/mol. The molecule has 0 saturated heterocycles. The lowest BCUT2D eigenvalue weighted by Gasteiger charge is -2.19. The number of benzene rings is 2. The number of rotatable bonds is 8. The van der Waals surface area contributed by atoms with Crippen molar-refractivity contribution in [3.05, 3.63) is 71.0 Å². The van der Waals surface area contributed by atoms with Crippen molar-refractivity contribution in [1.82, 2.24) is 16.0 Å². The molecule has 0 heterocycles. The second-order valence-corrected chi connectivity index (χ2v) is 8.47. The van der Waals surface area contributed by atoms with Gasteiger partial charge in [-0.15, -0.1) is 0 Å². The number of carbonyl (C=O) groups is 3. The Morgan fingerprint density at radius 2 is 1.48 bits per heavy atom. The van der Waals surface area contributed by atoms with Crippen molar-refractivity contribution in [3.8, 4) is 0 Å². The number of hydrogen-bond donors (Lipinski definition) is 3. The molecular formula is C24H30FN3O3. The van der Waals surface area contributed by atoms with E-state index in [-0.39, 0.29) is 48.5 Å². The fraction of sp³-hybridized carbons (Fsp3) is 0.375. The summed E-state index contributed by atoms with van der Waals surface area (Å²) in [7, 11) is 0. The van der Waals surface area contributed by atoms with E-state index in [1.54, 1.807) is 31.2 Å². The number of hydrogen-bond acceptors (Lipinski definition) is 3. The molecule has 2 aromatic rings. The van der Waals surface area contributed by atoms with Gasteiger partial charge in [0.2, 0.25) is 11.8 Å². The maximum absolute atomic E-state index is 12.9. The third-order valence-electron chi connectivity index (χ3n) is 4.78. The standard InChI is InChI=1S/C24H30FN3O3/c1-16(28-23(31)18-7-9-19(10-8-18)24(2,3)4)22(30)27-14-13-26-21(29)15-17-5-11-20(25)12-6-17/h5-12,16H,13-15H2,1-4H3,(H,26,29)(H,27,30)(H,28,31).